The van der Waals surface area contributed by atoms with Crippen molar-refractivity contribution >= 4 is 11.9 Å². The number of nitrogen functional groups attached to an aromatic ring is 1. The molecule has 2 heterocycles. The van der Waals surface area contributed by atoms with Crippen LogP contribution in [0.2, 0.25) is 0 Å². The molecular formula is C16H24N6O3. The average molecular weight is 348 g/mol. The number of nitrogens with zero attached hydrogens (tertiary/aromatic N) is 4. The van der Waals surface area contributed by atoms with Gasteiger partial charge in [0.25, 0.3) is 0 Å². The second-order valence-corrected chi connectivity index (χ2v) is 5.82. The van der Waals surface area contributed by atoms with Crippen LogP contribution in [-0.4, -0.2) is 67.6 Å². The highest BCUT2D eigenvalue weighted by molar-refractivity contribution is 5.53. The number of rotatable bonds is 6. The average Bonchev–Trinajstić information content (AvgIpc) is 3.07. The Hall–Kier alpha value is -2.68. The number of nitrogens with one attached hydrogen (secondary N) is 1. The molecular weight excluding hydrogens is 324 g/mol. The summed E-state index contributed by atoms with van der Waals surface area (Å²) >= 11 is 0. The van der Waals surface area contributed by atoms with E-state index in [1.54, 1.807) is 21.3 Å². The zero-order valence-corrected chi connectivity index (χ0v) is 14.8. The highest BCUT2D eigenvalue weighted by Gasteiger charge is 2.21. The molecule has 0 radical (unpaired) electrons. The summed E-state index contributed by atoms with van der Waals surface area (Å²) in [5, 5.41) is 6.79. The van der Waals surface area contributed by atoms with Crippen molar-refractivity contribution < 1.29 is 14.2 Å². The Bertz CT molecular complexity index is 687. The Balaban J connectivity index is 1.65. The number of anilines is 2. The number of piperazine rings is 1. The number of benzene rings is 1. The van der Waals surface area contributed by atoms with Gasteiger partial charge in [0, 0.05) is 32.7 Å². The smallest absolute Gasteiger partial charge is 0.246 e. The van der Waals surface area contributed by atoms with Crippen LogP contribution in [0.25, 0.3) is 0 Å². The number of hydrogen-bond donors (Lipinski definition) is 2. The molecule has 0 spiro atoms. The maximum atomic E-state index is 5.59. The monoisotopic (exact) mass is 348 g/mol. The van der Waals surface area contributed by atoms with Crippen LogP contribution in [0.5, 0.6) is 17.2 Å². The number of H-pyrrole nitrogens is 1. The van der Waals surface area contributed by atoms with E-state index in [9.17, 15) is 0 Å². The van der Waals surface area contributed by atoms with Gasteiger partial charge in [-0.05, 0) is 17.7 Å². The Morgan fingerprint density at radius 2 is 1.68 bits per heavy atom. The third kappa shape index (κ3) is 3.71. The second kappa shape index (κ2) is 7.47. The topological polar surface area (TPSA) is 102 Å². The first-order valence-electron chi connectivity index (χ1n) is 8.08. The Morgan fingerprint density at radius 3 is 2.16 bits per heavy atom. The lowest BCUT2D eigenvalue weighted by molar-refractivity contribution is 0.247. The molecule has 1 aliphatic heterocycles. The van der Waals surface area contributed by atoms with Crippen LogP contribution < -0.4 is 24.8 Å². The van der Waals surface area contributed by atoms with Crippen molar-refractivity contribution in [1.29, 1.82) is 0 Å². The minimum absolute atomic E-state index is 0.342. The number of hydrogen-bond acceptors (Lipinski definition) is 8. The van der Waals surface area contributed by atoms with E-state index in [1.165, 1.54) is 0 Å². The molecule has 1 aliphatic rings. The molecule has 0 aliphatic carbocycles. The minimum Gasteiger partial charge on any atom is -0.493 e. The number of aromatic nitrogens is 3. The molecule has 1 fully saturated rings. The fourth-order valence-electron chi connectivity index (χ4n) is 3.00. The van der Waals surface area contributed by atoms with Crippen LogP contribution in [-0.2, 0) is 6.54 Å². The van der Waals surface area contributed by atoms with E-state index in [0.717, 1.165) is 38.3 Å². The molecule has 1 saturated heterocycles. The third-order valence-electron chi connectivity index (χ3n) is 4.28. The van der Waals surface area contributed by atoms with E-state index in [1.807, 2.05) is 12.1 Å². The molecule has 0 unspecified atom stereocenters. The van der Waals surface area contributed by atoms with Crippen molar-refractivity contribution in [3.8, 4) is 17.2 Å². The summed E-state index contributed by atoms with van der Waals surface area (Å²) in [6.45, 7) is 4.32. The lowest BCUT2D eigenvalue weighted by Gasteiger charge is -2.34. The maximum Gasteiger partial charge on any atom is 0.246 e. The summed E-state index contributed by atoms with van der Waals surface area (Å²) in [4.78, 5) is 8.67. The van der Waals surface area contributed by atoms with Gasteiger partial charge in [0.2, 0.25) is 17.6 Å². The molecule has 3 N–H and O–H groups in total. The van der Waals surface area contributed by atoms with E-state index < -0.39 is 0 Å². The molecule has 9 nitrogen and oxygen atoms in total. The maximum absolute atomic E-state index is 5.59. The third-order valence-corrected chi connectivity index (χ3v) is 4.28. The van der Waals surface area contributed by atoms with Crippen molar-refractivity contribution in [2.45, 2.75) is 6.54 Å². The summed E-state index contributed by atoms with van der Waals surface area (Å²) in [6.07, 6.45) is 0. The molecule has 0 atom stereocenters. The molecule has 9 heteroatoms. The van der Waals surface area contributed by atoms with Gasteiger partial charge < -0.3 is 24.8 Å². The molecule has 2 aromatic rings. The lowest BCUT2D eigenvalue weighted by atomic mass is 10.1. The largest absolute Gasteiger partial charge is 0.493 e. The molecule has 25 heavy (non-hydrogen) atoms. The van der Waals surface area contributed by atoms with Crippen molar-refractivity contribution in [1.82, 2.24) is 20.1 Å². The van der Waals surface area contributed by atoms with Crippen molar-refractivity contribution in [3.05, 3.63) is 17.7 Å². The SMILES string of the molecule is COc1cc(CN2CCN(c3n[nH]c(N)n3)CC2)cc(OC)c1OC. The predicted octanol–water partition coefficient (Wildman–Crippen LogP) is 0.735. The van der Waals surface area contributed by atoms with Crippen molar-refractivity contribution in [3.63, 3.8) is 0 Å². The summed E-state index contributed by atoms with van der Waals surface area (Å²) in [5.74, 6) is 2.96. The van der Waals surface area contributed by atoms with Crippen LogP contribution in [0.15, 0.2) is 12.1 Å². The van der Waals surface area contributed by atoms with Gasteiger partial charge in [-0.25, -0.2) is 5.10 Å². The van der Waals surface area contributed by atoms with Gasteiger partial charge in [0.1, 0.15) is 0 Å². The van der Waals surface area contributed by atoms with Gasteiger partial charge in [-0.1, -0.05) is 0 Å². The molecule has 1 aromatic carbocycles. The summed E-state index contributed by atoms with van der Waals surface area (Å²) in [6, 6.07) is 3.98. The minimum atomic E-state index is 0.342. The number of ether oxygens (including phenoxy) is 3. The molecule has 3 rings (SSSR count). The summed E-state index contributed by atoms with van der Waals surface area (Å²) in [5.41, 5.74) is 6.71. The van der Waals surface area contributed by atoms with E-state index in [4.69, 9.17) is 19.9 Å². The van der Waals surface area contributed by atoms with Gasteiger partial charge >= 0.3 is 0 Å². The number of aromatic amines is 1. The van der Waals surface area contributed by atoms with Gasteiger partial charge in [0.05, 0.1) is 21.3 Å². The normalized spacial score (nSPS) is 15.2. The van der Waals surface area contributed by atoms with E-state index in [-0.39, 0.29) is 0 Å². The van der Waals surface area contributed by atoms with Crippen molar-refractivity contribution in [2.75, 3.05) is 58.1 Å². The number of nitrogens with two attached hydrogens (primary N) is 1. The first-order valence-corrected chi connectivity index (χ1v) is 8.08. The van der Waals surface area contributed by atoms with Crippen LogP contribution >= 0.6 is 0 Å². The van der Waals surface area contributed by atoms with Crippen molar-refractivity contribution in [2.24, 2.45) is 0 Å². The molecule has 136 valence electrons. The fraction of sp³-hybridized carbons (Fsp3) is 0.500. The van der Waals surface area contributed by atoms with E-state index >= 15 is 0 Å². The first-order chi connectivity index (χ1) is 12.1. The van der Waals surface area contributed by atoms with Gasteiger partial charge in [-0.2, -0.15) is 4.98 Å². The molecule has 0 bridgehead atoms. The first kappa shape index (κ1) is 17.2. The lowest BCUT2D eigenvalue weighted by Crippen LogP contribution is -2.46. The molecule has 1 aromatic heterocycles. The summed E-state index contributed by atoms with van der Waals surface area (Å²) < 4.78 is 16.2. The summed E-state index contributed by atoms with van der Waals surface area (Å²) in [7, 11) is 4.86. The molecule has 0 saturated carbocycles. The standard InChI is InChI=1S/C16H24N6O3/c1-23-12-8-11(9-13(24-2)14(12)25-3)10-21-4-6-22(7-5-21)16-18-15(17)19-20-16/h8-9H,4-7,10H2,1-3H3,(H3,17,18,19,20). The van der Waals surface area contributed by atoms with Gasteiger partial charge in [-0.15, -0.1) is 5.10 Å². The highest BCUT2D eigenvalue weighted by Crippen LogP contribution is 2.38. The zero-order chi connectivity index (χ0) is 17.8. The zero-order valence-electron chi connectivity index (χ0n) is 14.8. The van der Waals surface area contributed by atoms with Crippen LogP contribution in [0, 0.1) is 0 Å². The van der Waals surface area contributed by atoms with Crippen LogP contribution in [0.3, 0.4) is 0 Å². The fourth-order valence-corrected chi connectivity index (χ4v) is 3.00. The molecule has 0 amide bonds. The highest BCUT2D eigenvalue weighted by atomic mass is 16.5. The van der Waals surface area contributed by atoms with Gasteiger partial charge in [0.15, 0.2) is 11.5 Å². The predicted molar refractivity (Wildman–Crippen MR) is 94.4 cm³/mol. The Morgan fingerprint density at radius 1 is 1.04 bits per heavy atom. The Kier molecular flexibility index (Phi) is 5.13. The van der Waals surface area contributed by atoms with Gasteiger partial charge in [-0.3, -0.25) is 4.90 Å². The second-order valence-electron chi connectivity index (χ2n) is 5.82. The van der Waals surface area contributed by atoms with E-state index in [0.29, 0.717) is 29.1 Å². The van der Waals surface area contributed by atoms with E-state index in [2.05, 4.69) is 25.0 Å². The number of methoxy groups -OCH3 is 3. The Labute approximate surface area is 146 Å². The quantitative estimate of drug-likeness (QED) is 0.788. The van der Waals surface area contributed by atoms with Crippen LogP contribution in [0.1, 0.15) is 5.56 Å². The van der Waals surface area contributed by atoms with Crippen LogP contribution in [0.4, 0.5) is 11.9 Å².